The Morgan fingerprint density at radius 2 is 1.85 bits per heavy atom. The Bertz CT molecular complexity index is 512. The van der Waals surface area contributed by atoms with Crippen molar-refractivity contribution in [2.75, 3.05) is 13.2 Å². The quantitative estimate of drug-likeness (QED) is 0.226. The molecule has 0 saturated heterocycles. The van der Waals surface area contributed by atoms with E-state index in [0.717, 1.165) is 50.7 Å². The van der Waals surface area contributed by atoms with Gasteiger partial charge in [-0.3, -0.25) is 0 Å². The molecule has 1 fully saturated rings. The first kappa shape index (κ1) is 25.9. The van der Waals surface area contributed by atoms with Crippen molar-refractivity contribution in [1.29, 1.82) is 0 Å². The van der Waals surface area contributed by atoms with Crippen molar-refractivity contribution in [1.82, 2.24) is 0 Å². The monoisotopic (exact) mass is 488 g/mol. The van der Waals surface area contributed by atoms with Gasteiger partial charge < -0.3 is 16.8 Å². The van der Waals surface area contributed by atoms with Crippen LogP contribution in [-0.2, 0) is 37.4 Å². The Morgan fingerprint density at radius 1 is 1.15 bits per heavy atom. The predicted octanol–water partition coefficient (Wildman–Crippen LogP) is 6.25. The molecule has 0 aromatic heterocycles. The van der Waals surface area contributed by atoms with Crippen molar-refractivity contribution in [3.63, 3.8) is 0 Å². The van der Waals surface area contributed by atoms with E-state index in [1.165, 1.54) is 12.0 Å². The van der Waals surface area contributed by atoms with Gasteiger partial charge in [0.1, 0.15) is 0 Å². The zero-order valence-corrected chi connectivity index (χ0v) is 20.8. The molecule has 1 saturated carbocycles. The van der Waals surface area contributed by atoms with Crippen molar-refractivity contribution in [3.8, 4) is 0 Å². The van der Waals surface area contributed by atoms with Crippen LogP contribution in [0.3, 0.4) is 0 Å². The number of halogens is 2. The first-order valence-electron chi connectivity index (χ1n) is 10.0. The standard InChI is InChI=1S/C22H33Cl2O2.Y/c1-3-5-7-8-21(25)16-9-11-17(12-10-16)22-18(15-26-13-6-4-2)19(23)14-20(22)24;/h9-12,18-22,25H,2-8,13-15H2,1H3;/q-1;. The second kappa shape index (κ2) is 13.9. The molecule has 1 N–H and O–H groups in total. The molecular weight excluding hydrogens is 456 g/mol. The van der Waals surface area contributed by atoms with Gasteiger partial charge >= 0.3 is 0 Å². The van der Waals surface area contributed by atoms with Gasteiger partial charge in [-0.25, -0.2) is 0 Å². The first-order valence-corrected chi connectivity index (χ1v) is 10.9. The number of benzene rings is 1. The van der Waals surface area contributed by atoms with Crippen LogP contribution in [0.1, 0.15) is 75.0 Å². The summed E-state index contributed by atoms with van der Waals surface area (Å²) in [6.07, 6.45) is 6.50. The van der Waals surface area contributed by atoms with E-state index in [9.17, 15) is 5.11 Å². The van der Waals surface area contributed by atoms with Crippen molar-refractivity contribution in [2.24, 2.45) is 5.92 Å². The van der Waals surface area contributed by atoms with E-state index in [1.54, 1.807) is 0 Å². The first-order chi connectivity index (χ1) is 12.6. The van der Waals surface area contributed by atoms with Crippen LogP contribution >= 0.6 is 23.2 Å². The van der Waals surface area contributed by atoms with Gasteiger partial charge in [-0.1, -0.05) is 56.9 Å². The summed E-state index contributed by atoms with van der Waals surface area (Å²) < 4.78 is 5.82. The van der Waals surface area contributed by atoms with E-state index in [0.29, 0.717) is 6.61 Å². The molecule has 27 heavy (non-hydrogen) atoms. The van der Waals surface area contributed by atoms with Crippen LogP contribution in [0.15, 0.2) is 24.3 Å². The maximum absolute atomic E-state index is 10.3. The van der Waals surface area contributed by atoms with Gasteiger partial charge in [-0.05, 0) is 24.0 Å². The second-order valence-electron chi connectivity index (χ2n) is 7.42. The van der Waals surface area contributed by atoms with Crippen LogP contribution in [0, 0.1) is 12.8 Å². The van der Waals surface area contributed by atoms with Crippen molar-refractivity contribution >= 4 is 23.2 Å². The summed E-state index contributed by atoms with van der Waals surface area (Å²) in [5, 5.41) is 10.4. The Kier molecular flexibility index (Phi) is 13.4. The van der Waals surface area contributed by atoms with Crippen molar-refractivity contribution in [2.45, 2.75) is 74.6 Å². The third-order valence-electron chi connectivity index (χ3n) is 5.40. The third-order valence-corrected chi connectivity index (χ3v) is 6.35. The van der Waals surface area contributed by atoms with E-state index < -0.39 is 0 Å². The fourth-order valence-electron chi connectivity index (χ4n) is 3.81. The Balaban J connectivity index is 0.00000364. The minimum atomic E-state index is -0.381. The molecule has 1 aromatic rings. The molecule has 0 spiro atoms. The molecule has 2 nitrogen and oxygen atoms in total. The summed E-state index contributed by atoms with van der Waals surface area (Å²) in [4.78, 5) is 0. The number of aliphatic hydroxyl groups is 1. The summed E-state index contributed by atoms with van der Waals surface area (Å²) in [6, 6.07) is 8.29. The largest absolute Gasteiger partial charge is 0.388 e. The normalized spacial score (nSPS) is 26.0. The predicted molar refractivity (Wildman–Crippen MR) is 111 cm³/mol. The molecule has 1 aliphatic rings. The van der Waals surface area contributed by atoms with E-state index in [4.69, 9.17) is 27.9 Å². The average molecular weight is 489 g/mol. The number of ether oxygens (including phenoxy) is 1. The van der Waals surface area contributed by atoms with Gasteiger partial charge in [0.25, 0.3) is 0 Å². The maximum Gasteiger partial charge on any atom is 0.0790 e. The third kappa shape index (κ3) is 7.87. The molecule has 1 aliphatic carbocycles. The van der Waals surface area contributed by atoms with E-state index in [-0.39, 0.29) is 61.4 Å². The molecule has 151 valence electrons. The minimum Gasteiger partial charge on any atom is -0.388 e. The molecule has 1 radical (unpaired) electrons. The molecule has 0 aliphatic heterocycles. The Labute approximate surface area is 200 Å². The van der Waals surface area contributed by atoms with Crippen LogP contribution in [-0.4, -0.2) is 29.1 Å². The molecule has 5 heteroatoms. The average Bonchev–Trinajstić information content (AvgIpc) is 2.92. The molecule has 5 unspecified atom stereocenters. The van der Waals surface area contributed by atoms with Crippen molar-refractivity contribution < 1.29 is 42.6 Å². The van der Waals surface area contributed by atoms with Gasteiger partial charge in [0.05, 0.1) is 12.7 Å². The van der Waals surface area contributed by atoms with E-state index in [1.807, 2.05) is 12.1 Å². The van der Waals surface area contributed by atoms with Gasteiger partial charge in [0.15, 0.2) is 0 Å². The number of hydrogen-bond donors (Lipinski definition) is 1. The topological polar surface area (TPSA) is 29.5 Å². The maximum atomic E-state index is 10.3. The summed E-state index contributed by atoms with van der Waals surface area (Å²) >= 11 is 13.2. The number of aliphatic hydroxyl groups excluding tert-OH is 1. The summed E-state index contributed by atoms with van der Waals surface area (Å²) in [5.41, 5.74) is 2.18. The molecule has 0 heterocycles. The zero-order chi connectivity index (χ0) is 18.9. The Hall–Kier alpha value is 0.824. The molecule has 2 rings (SSSR count). The van der Waals surface area contributed by atoms with E-state index in [2.05, 4.69) is 26.0 Å². The minimum absolute atomic E-state index is 0. The number of alkyl halides is 2. The smallest absolute Gasteiger partial charge is 0.0790 e. The molecule has 1 aromatic carbocycles. The number of rotatable bonds is 11. The molecular formula is C22H33Cl2O2Y-. The number of hydrogen-bond acceptors (Lipinski definition) is 2. The van der Waals surface area contributed by atoms with Gasteiger partial charge in [0, 0.05) is 61.9 Å². The van der Waals surface area contributed by atoms with Crippen LogP contribution in [0.5, 0.6) is 0 Å². The molecule has 5 atom stereocenters. The van der Waals surface area contributed by atoms with Crippen molar-refractivity contribution in [3.05, 3.63) is 42.3 Å². The second-order valence-corrected chi connectivity index (χ2v) is 8.54. The van der Waals surface area contributed by atoms with E-state index >= 15 is 0 Å². The molecule has 0 bridgehead atoms. The summed E-state index contributed by atoms with van der Waals surface area (Å²) in [6.45, 7) is 7.39. The van der Waals surface area contributed by atoms with Crippen LogP contribution in [0.2, 0.25) is 0 Å². The van der Waals surface area contributed by atoms with Gasteiger partial charge in [-0.2, -0.15) is 6.42 Å². The summed E-state index contributed by atoms with van der Waals surface area (Å²) in [7, 11) is 0. The van der Waals surface area contributed by atoms with Gasteiger partial charge in [-0.15, -0.1) is 23.2 Å². The number of unbranched alkanes of at least 4 members (excludes halogenated alkanes) is 3. The SMILES string of the molecule is [CH2-]CCCOCC1C(Cl)CC(Cl)C1c1ccc(C(O)CCCCC)cc1.[Y]. The van der Waals surface area contributed by atoms with Gasteiger partial charge in [0.2, 0.25) is 0 Å². The van der Waals surface area contributed by atoms with Crippen LogP contribution in [0.25, 0.3) is 0 Å². The molecule has 0 amide bonds. The fourth-order valence-corrected chi connectivity index (χ4v) is 4.85. The summed E-state index contributed by atoms with van der Waals surface area (Å²) in [5.74, 6) is 0.425. The zero-order valence-electron chi connectivity index (χ0n) is 16.5. The fraction of sp³-hybridized carbons (Fsp3) is 0.682. The van der Waals surface area contributed by atoms with Crippen LogP contribution < -0.4 is 0 Å². The Morgan fingerprint density at radius 3 is 2.48 bits per heavy atom. The van der Waals surface area contributed by atoms with Crippen LogP contribution in [0.4, 0.5) is 0 Å².